The molecule has 3 aromatic carbocycles. The number of hydrogen-bond donors (Lipinski definition) is 0. The molecule has 0 radical (unpaired) electrons. The Morgan fingerprint density at radius 2 is 1.00 bits per heavy atom. The van der Waals surface area contributed by atoms with Crippen LogP contribution >= 0.6 is 9.47 Å². The van der Waals surface area contributed by atoms with Gasteiger partial charge < -0.3 is 4.52 Å². The standard InChI is InChI=1S/C22H23OP/c24-23-18-10-17-22(19-11-4-1-5-12-19,20-13-6-2-7-14-20)21-15-8-3-9-16-21/h1-9,11-16H,10,17-18,24H2. The first kappa shape index (κ1) is 16.9. The van der Waals surface area contributed by atoms with Crippen molar-refractivity contribution < 1.29 is 4.52 Å². The lowest BCUT2D eigenvalue weighted by Gasteiger charge is -2.36. The molecule has 0 aromatic heterocycles. The fourth-order valence-electron chi connectivity index (χ4n) is 3.52. The minimum atomic E-state index is -0.160. The summed E-state index contributed by atoms with van der Waals surface area (Å²) in [5.41, 5.74) is 3.82. The van der Waals surface area contributed by atoms with Crippen LogP contribution in [0.25, 0.3) is 0 Å². The van der Waals surface area contributed by atoms with Gasteiger partial charge in [-0.1, -0.05) is 91.0 Å². The molecule has 0 spiro atoms. The SMILES string of the molecule is POCCCC(c1ccccc1)(c1ccccc1)c1ccccc1. The van der Waals surface area contributed by atoms with Crippen LogP contribution in [0, 0.1) is 0 Å². The van der Waals surface area contributed by atoms with Crippen LogP contribution in [-0.2, 0) is 9.94 Å². The summed E-state index contributed by atoms with van der Waals surface area (Å²) < 4.78 is 5.26. The van der Waals surface area contributed by atoms with Crippen LogP contribution in [0.2, 0.25) is 0 Å². The van der Waals surface area contributed by atoms with Crippen LogP contribution in [0.3, 0.4) is 0 Å². The second kappa shape index (κ2) is 8.24. The zero-order valence-corrected chi connectivity index (χ0v) is 14.9. The van der Waals surface area contributed by atoms with Gasteiger partial charge in [0.2, 0.25) is 0 Å². The third kappa shape index (κ3) is 3.43. The number of hydrogen-bond acceptors (Lipinski definition) is 1. The van der Waals surface area contributed by atoms with E-state index in [0.29, 0.717) is 0 Å². The average molecular weight is 334 g/mol. The van der Waals surface area contributed by atoms with Crippen molar-refractivity contribution in [1.82, 2.24) is 0 Å². The molecule has 0 saturated carbocycles. The Morgan fingerprint density at radius 1 is 0.625 bits per heavy atom. The van der Waals surface area contributed by atoms with Crippen LogP contribution in [0.4, 0.5) is 0 Å². The Balaban J connectivity index is 2.20. The second-order valence-electron chi connectivity index (χ2n) is 5.98. The van der Waals surface area contributed by atoms with E-state index in [9.17, 15) is 0 Å². The molecule has 3 aromatic rings. The maximum absolute atomic E-state index is 5.26. The number of rotatable bonds is 7. The molecule has 0 aliphatic rings. The maximum Gasteiger partial charge on any atom is 0.0502 e. The smallest absolute Gasteiger partial charge is 0.0502 e. The molecule has 0 heterocycles. The molecule has 0 amide bonds. The van der Waals surface area contributed by atoms with Crippen LogP contribution in [0.1, 0.15) is 29.5 Å². The van der Waals surface area contributed by atoms with Gasteiger partial charge in [0.05, 0.1) is 6.61 Å². The predicted molar refractivity (Wildman–Crippen MR) is 104 cm³/mol. The van der Waals surface area contributed by atoms with E-state index in [-0.39, 0.29) is 5.41 Å². The summed E-state index contributed by atoms with van der Waals surface area (Å²) in [5.74, 6) is 0. The minimum Gasteiger partial charge on any atom is -0.366 e. The molecule has 0 bridgehead atoms. The van der Waals surface area contributed by atoms with Gasteiger partial charge >= 0.3 is 0 Å². The molecule has 0 saturated heterocycles. The molecule has 1 nitrogen and oxygen atoms in total. The van der Waals surface area contributed by atoms with E-state index in [1.165, 1.54) is 16.7 Å². The Labute approximate surface area is 147 Å². The molecule has 122 valence electrons. The highest BCUT2D eigenvalue weighted by Gasteiger charge is 2.35. The zero-order valence-electron chi connectivity index (χ0n) is 13.8. The van der Waals surface area contributed by atoms with Gasteiger partial charge in [-0.05, 0) is 29.5 Å². The monoisotopic (exact) mass is 334 g/mol. The Bertz CT molecular complexity index is 629. The predicted octanol–water partition coefficient (Wildman–Crippen LogP) is 5.61. The van der Waals surface area contributed by atoms with Crippen LogP contribution < -0.4 is 0 Å². The van der Waals surface area contributed by atoms with Gasteiger partial charge in [0.25, 0.3) is 0 Å². The minimum absolute atomic E-state index is 0.160. The van der Waals surface area contributed by atoms with Crippen molar-refractivity contribution in [2.45, 2.75) is 18.3 Å². The Morgan fingerprint density at radius 3 is 1.33 bits per heavy atom. The maximum atomic E-state index is 5.26. The van der Waals surface area contributed by atoms with E-state index in [4.69, 9.17) is 4.52 Å². The Hall–Kier alpha value is -1.95. The molecule has 0 aliphatic heterocycles. The van der Waals surface area contributed by atoms with E-state index >= 15 is 0 Å². The molecular formula is C22H23OP. The summed E-state index contributed by atoms with van der Waals surface area (Å²) in [7, 11) is 2.36. The molecule has 1 unspecified atom stereocenters. The molecule has 1 atom stereocenters. The fraction of sp³-hybridized carbons (Fsp3) is 0.182. The third-order valence-electron chi connectivity index (χ3n) is 4.61. The van der Waals surface area contributed by atoms with Gasteiger partial charge in [0, 0.05) is 14.9 Å². The molecule has 2 heteroatoms. The third-order valence-corrected chi connectivity index (χ3v) is 4.85. The lowest BCUT2D eigenvalue weighted by Crippen LogP contribution is -2.29. The first-order chi connectivity index (χ1) is 11.9. The fourth-order valence-corrected chi connectivity index (χ4v) is 3.69. The van der Waals surface area contributed by atoms with Gasteiger partial charge in [-0.2, -0.15) is 0 Å². The van der Waals surface area contributed by atoms with Crippen molar-refractivity contribution in [3.63, 3.8) is 0 Å². The lowest BCUT2D eigenvalue weighted by atomic mass is 9.67. The van der Waals surface area contributed by atoms with E-state index in [1.807, 2.05) is 0 Å². The first-order valence-corrected chi connectivity index (χ1v) is 8.83. The summed E-state index contributed by atoms with van der Waals surface area (Å²) in [6.07, 6.45) is 1.99. The Kier molecular flexibility index (Phi) is 5.80. The van der Waals surface area contributed by atoms with E-state index in [1.54, 1.807) is 0 Å². The highest BCUT2D eigenvalue weighted by atomic mass is 31.0. The van der Waals surface area contributed by atoms with Crippen molar-refractivity contribution in [1.29, 1.82) is 0 Å². The zero-order chi connectivity index (χ0) is 16.7. The first-order valence-electron chi connectivity index (χ1n) is 8.36. The molecule has 3 rings (SSSR count). The van der Waals surface area contributed by atoms with Crippen LogP contribution in [0.5, 0.6) is 0 Å². The average Bonchev–Trinajstić information content (AvgIpc) is 2.68. The second-order valence-corrected chi connectivity index (χ2v) is 6.31. The highest BCUT2D eigenvalue weighted by Crippen LogP contribution is 2.42. The summed E-state index contributed by atoms with van der Waals surface area (Å²) in [4.78, 5) is 0. The van der Waals surface area contributed by atoms with Crippen molar-refractivity contribution in [3.8, 4) is 0 Å². The van der Waals surface area contributed by atoms with Gasteiger partial charge in [-0.15, -0.1) is 0 Å². The van der Waals surface area contributed by atoms with E-state index < -0.39 is 0 Å². The van der Waals surface area contributed by atoms with Gasteiger partial charge in [0.1, 0.15) is 0 Å². The largest absolute Gasteiger partial charge is 0.366 e. The van der Waals surface area contributed by atoms with Crippen LogP contribution in [-0.4, -0.2) is 6.61 Å². The number of benzene rings is 3. The quantitative estimate of drug-likeness (QED) is 0.310. The van der Waals surface area contributed by atoms with E-state index in [0.717, 1.165) is 19.4 Å². The summed E-state index contributed by atoms with van der Waals surface area (Å²) in [6.45, 7) is 0.735. The highest BCUT2D eigenvalue weighted by molar-refractivity contribution is 7.09. The molecule has 0 aliphatic carbocycles. The van der Waals surface area contributed by atoms with Gasteiger partial charge in [0.15, 0.2) is 0 Å². The normalized spacial score (nSPS) is 11.4. The van der Waals surface area contributed by atoms with Crippen molar-refractivity contribution >= 4 is 9.47 Å². The van der Waals surface area contributed by atoms with Crippen molar-refractivity contribution in [2.75, 3.05) is 6.61 Å². The van der Waals surface area contributed by atoms with E-state index in [2.05, 4.69) is 100 Å². The van der Waals surface area contributed by atoms with Crippen molar-refractivity contribution in [2.24, 2.45) is 0 Å². The summed E-state index contributed by atoms with van der Waals surface area (Å²) >= 11 is 0. The van der Waals surface area contributed by atoms with Gasteiger partial charge in [-0.25, -0.2) is 0 Å². The lowest BCUT2D eigenvalue weighted by molar-refractivity contribution is 0.341. The van der Waals surface area contributed by atoms with Crippen LogP contribution in [0.15, 0.2) is 91.0 Å². The summed E-state index contributed by atoms with van der Waals surface area (Å²) in [5, 5.41) is 0. The van der Waals surface area contributed by atoms with Gasteiger partial charge in [-0.3, -0.25) is 0 Å². The molecule has 0 N–H and O–H groups in total. The molecule has 24 heavy (non-hydrogen) atoms. The summed E-state index contributed by atoms with van der Waals surface area (Å²) in [6, 6.07) is 32.4. The van der Waals surface area contributed by atoms with Crippen molar-refractivity contribution in [3.05, 3.63) is 108 Å². The molecular weight excluding hydrogens is 311 g/mol. The molecule has 0 fully saturated rings. The topological polar surface area (TPSA) is 9.23 Å².